The molecule has 1 aromatic rings. The number of nitrogens with zero attached hydrogens (tertiary/aromatic N) is 2. The number of benzene rings is 1. The van der Waals surface area contributed by atoms with Crippen LogP contribution in [0.25, 0.3) is 0 Å². The van der Waals surface area contributed by atoms with E-state index in [2.05, 4.69) is 0 Å². The Labute approximate surface area is 118 Å². The van der Waals surface area contributed by atoms with Crippen molar-refractivity contribution in [3.63, 3.8) is 0 Å². The van der Waals surface area contributed by atoms with Crippen LogP contribution in [0.3, 0.4) is 0 Å². The minimum atomic E-state index is -0.843. The Morgan fingerprint density at radius 2 is 2.10 bits per heavy atom. The lowest BCUT2D eigenvalue weighted by Crippen LogP contribution is -2.45. The summed E-state index contributed by atoms with van der Waals surface area (Å²) >= 11 is 0. The predicted molar refractivity (Wildman–Crippen MR) is 76.1 cm³/mol. The fourth-order valence-corrected chi connectivity index (χ4v) is 2.53. The van der Waals surface area contributed by atoms with Gasteiger partial charge in [0.2, 0.25) is 0 Å². The monoisotopic (exact) mass is 280 g/mol. The van der Waals surface area contributed by atoms with Crippen molar-refractivity contribution in [1.29, 1.82) is 0 Å². The average molecular weight is 280 g/mol. The van der Waals surface area contributed by atoms with Gasteiger partial charge in [0.05, 0.1) is 10.5 Å². The molecule has 6 heteroatoms. The summed E-state index contributed by atoms with van der Waals surface area (Å²) in [5.41, 5.74) is 0.713. The molecule has 0 bridgehead atoms. The molecule has 0 amide bonds. The highest BCUT2D eigenvalue weighted by molar-refractivity contribution is 5.64. The zero-order valence-corrected chi connectivity index (χ0v) is 11.8. The molecular formula is C14H20N2O4. The first-order chi connectivity index (χ1) is 9.41. The summed E-state index contributed by atoms with van der Waals surface area (Å²) in [6, 6.07) is 5.01. The highest BCUT2D eigenvalue weighted by atomic mass is 16.6. The largest absolute Gasteiger partial charge is 0.388 e. The lowest BCUT2D eigenvalue weighted by molar-refractivity contribution is -0.384. The number of aryl methyl sites for hydroxylation is 1. The molecule has 6 nitrogen and oxygen atoms in total. The van der Waals surface area contributed by atoms with Crippen LogP contribution in [0.5, 0.6) is 0 Å². The van der Waals surface area contributed by atoms with Crippen LogP contribution in [0.15, 0.2) is 18.2 Å². The lowest BCUT2D eigenvalue weighted by atomic mass is 9.93. The van der Waals surface area contributed by atoms with Crippen LogP contribution >= 0.6 is 0 Å². The molecule has 1 aliphatic rings. The average Bonchev–Trinajstić information content (AvgIpc) is 2.38. The highest BCUT2D eigenvalue weighted by Gasteiger charge is 2.32. The summed E-state index contributed by atoms with van der Waals surface area (Å²) in [5.74, 6) is 0. The molecule has 110 valence electrons. The Morgan fingerprint density at radius 1 is 1.45 bits per heavy atom. The third-order valence-electron chi connectivity index (χ3n) is 3.69. The van der Waals surface area contributed by atoms with Crippen molar-refractivity contribution in [3.8, 4) is 0 Å². The number of likely N-dealkylation sites (N-methyl/N-ethyl adjacent to an activating group) is 1. The molecule has 0 aromatic heterocycles. The minimum Gasteiger partial charge on any atom is -0.388 e. The first-order valence-corrected chi connectivity index (χ1v) is 6.68. The van der Waals surface area contributed by atoms with Crippen LogP contribution in [0.1, 0.15) is 18.4 Å². The van der Waals surface area contributed by atoms with Crippen LogP contribution < -0.4 is 4.90 Å². The van der Waals surface area contributed by atoms with Crippen LogP contribution in [0.2, 0.25) is 0 Å². The van der Waals surface area contributed by atoms with Gasteiger partial charge in [0.25, 0.3) is 5.69 Å². The molecule has 1 aromatic carbocycles. The normalized spacial score (nSPS) is 17.8. The quantitative estimate of drug-likeness (QED) is 0.673. The van der Waals surface area contributed by atoms with E-state index in [1.165, 1.54) is 6.07 Å². The Morgan fingerprint density at radius 3 is 2.70 bits per heavy atom. The maximum atomic E-state index is 11.1. The number of anilines is 1. The van der Waals surface area contributed by atoms with E-state index in [1.807, 2.05) is 6.92 Å². The van der Waals surface area contributed by atoms with Crippen molar-refractivity contribution < 1.29 is 14.8 Å². The molecule has 0 spiro atoms. The van der Waals surface area contributed by atoms with Crippen molar-refractivity contribution in [2.24, 2.45) is 0 Å². The van der Waals surface area contributed by atoms with Crippen molar-refractivity contribution >= 4 is 11.4 Å². The Hall–Kier alpha value is -1.66. The number of hydrogen-bond donors (Lipinski definition) is 1. The van der Waals surface area contributed by atoms with Crippen LogP contribution in [0, 0.1) is 17.0 Å². The van der Waals surface area contributed by atoms with Gasteiger partial charge in [0, 0.05) is 45.7 Å². The van der Waals surface area contributed by atoms with E-state index in [9.17, 15) is 15.2 Å². The van der Waals surface area contributed by atoms with E-state index < -0.39 is 5.60 Å². The third-order valence-corrected chi connectivity index (χ3v) is 3.69. The number of aliphatic hydroxyl groups is 1. The van der Waals surface area contributed by atoms with Crippen molar-refractivity contribution in [2.75, 3.05) is 31.7 Å². The fourth-order valence-electron chi connectivity index (χ4n) is 2.53. The summed E-state index contributed by atoms with van der Waals surface area (Å²) in [5, 5.41) is 21.6. The summed E-state index contributed by atoms with van der Waals surface area (Å²) in [4.78, 5) is 12.5. The number of ether oxygens (including phenoxy) is 1. The maximum Gasteiger partial charge on any atom is 0.292 e. The highest BCUT2D eigenvalue weighted by Crippen LogP contribution is 2.31. The van der Waals surface area contributed by atoms with Gasteiger partial charge in [-0.15, -0.1) is 0 Å². The molecule has 1 N–H and O–H groups in total. The van der Waals surface area contributed by atoms with Crippen molar-refractivity contribution in [2.45, 2.75) is 25.4 Å². The molecule has 2 rings (SSSR count). The van der Waals surface area contributed by atoms with Crippen LogP contribution in [-0.2, 0) is 4.74 Å². The molecule has 20 heavy (non-hydrogen) atoms. The van der Waals surface area contributed by atoms with E-state index in [1.54, 1.807) is 24.1 Å². The third kappa shape index (κ3) is 3.26. The zero-order chi connectivity index (χ0) is 14.8. The van der Waals surface area contributed by atoms with Gasteiger partial charge >= 0.3 is 0 Å². The molecule has 0 unspecified atom stereocenters. The molecule has 1 aliphatic heterocycles. The molecule has 0 radical (unpaired) electrons. The fraction of sp³-hybridized carbons (Fsp3) is 0.571. The lowest BCUT2D eigenvalue weighted by Gasteiger charge is -2.36. The van der Waals surface area contributed by atoms with E-state index in [-0.39, 0.29) is 10.6 Å². The number of nitro benzene ring substituents is 1. The van der Waals surface area contributed by atoms with Crippen LogP contribution in [0.4, 0.5) is 11.4 Å². The second kappa shape index (κ2) is 5.76. The van der Waals surface area contributed by atoms with Gasteiger partial charge in [-0.1, -0.05) is 6.07 Å². The van der Waals surface area contributed by atoms with Crippen molar-refractivity contribution in [1.82, 2.24) is 0 Å². The minimum absolute atomic E-state index is 0.0637. The van der Waals surface area contributed by atoms with E-state index in [0.29, 0.717) is 38.3 Å². The molecule has 1 fully saturated rings. The number of rotatable bonds is 4. The zero-order valence-electron chi connectivity index (χ0n) is 11.8. The Balaban J connectivity index is 2.21. The first-order valence-electron chi connectivity index (χ1n) is 6.68. The van der Waals surface area contributed by atoms with Gasteiger partial charge in [0.1, 0.15) is 5.69 Å². The van der Waals surface area contributed by atoms with E-state index >= 15 is 0 Å². The maximum absolute atomic E-state index is 11.1. The second-order valence-electron chi connectivity index (χ2n) is 5.44. The van der Waals surface area contributed by atoms with Gasteiger partial charge < -0.3 is 14.7 Å². The Bertz CT molecular complexity index is 498. The summed E-state index contributed by atoms with van der Waals surface area (Å²) in [7, 11) is 1.77. The van der Waals surface area contributed by atoms with Crippen LogP contribution in [-0.4, -0.2) is 42.4 Å². The standard InChI is InChI=1S/C14H20N2O4/c1-11-3-4-12(16(18)19)13(9-11)15(2)10-14(17)5-7-20-8-6-14/h3-4,9,17H,5-8,10H2,1-2H3. The van der Waals surface area contributed by atoms with Gasteiger partial charge in [-0.05, 0) is 18.6 Å². The predicted octanol–water partition coefficient (Wildman–Crippen LogP) is 1.88. The topological polar surface area (TPSA) is 75.8 Å². The number of nitro groups is 1. The second-order valence-corrected chi connectivity index (χ2v) is 5.44. The summed E-state index contributed by atoms with van der Waals surface area (Å²) in [6.07, 6.45) is 1.11. The molecule has 0 atom stereocenters. The molecule has 0 aliphatic carbocycles. The van der Waals surface area contributed by atoms with Gasteiger partial charge in [0.15, 0.2) is 0 Å². The number of hydrogen-bond acceptors (Lipinski definition) is 5. The van der Waals surface area contributed by atoms with Crippen molar-refractivity contribution in [3.05, 3.63) is 33.9 Å². The van der Waals surface area contributed by atoms with Gasteiger partial charge in [-0.3, -0.25) is 10.1 Å². The van der Waals surface area contributed by atoms with E-state index in [0.717, 1.165) is 5.56 Å². The summed E-state index contributed by atoms with van der Waals surface area (Å²) < 4.78 is 5.25. The smallest absolute Gasteiger partial charge is 0.292 e. The molecule has 1 heterocycles. The van der Waals surface area contributed by atoms with E-state index in [4.69, 9.17) is 4.74 Å². The Kier molecular flexibility index (Phi) is 4.25. The first kappa shape index (κ1) is 14.7. The molecule has 1 saturated heterocycles. The molecular weight excluding hydrogens is 260 g/mol. The SMILES string of the molecule is Cc1ccc([N+](=O)[O-])c(N(C)CC2(O)CCOCC2)c1. The van der Waals surface area contributed by atoms with Gasteiger partial charge in [-0.2, -0.15) is 0 Å². The molecule has 0 saturated carbocycles. The summed E-state index contributed by atoms with van der Waals surface area (Å²) in [6.45, 7) is 3.31. The van der Waals surface area contributed by atoms with Gasteiger partial charge in [-0.25, -0.2) is 0 Å².